The second kappa shape index (κ2) is 14.0. The third-order valence-corrected chi connectivity index (χ3v) is 12.4. The fourth-order valence-electron chi connectivity index (χ4n) is 9.50. The molecule has 9 aromatic carbocycles. The SMILES string of the molecule is c1ccc(-c2ccc3c(c2)c2ccccc2n3-c2ccc3oc4cccc(-c5nc(-c6ccccc6)nc(-n6c7ccccc7c7cc(-c8ccccc8)ccc76)n5)c4c3c2)cc1. The first-order valence-electron chi connectivity index (χ1n) is 21.2. The minimum Gasteiger partial charge on any atom is -0.456 e. The normalized spacial score (nSPS) is 11.8. The van der Waals surface area contributed by atoms with Gasteiger partial charge in [-0.3, -0.25) is 4.57 Å². The van der Waals surface area contributed by atoms with Gasteiger partial charge in [-0.05, 0) is 82.9 Å². The van der Waals surface area contributed by atoms with Crippen LogP contribution in [-0.4, -0.2) is 24.1 Å². The molecule has 6 nitrogen and oxygen atoms in total. The molecule has 13 rings (SSSR count). The molecule has 0 saturated carbocycles. The third kappa shape index (κ3) is 5.62. The van der Waals surface area contributed by atoms with E-state index in [4.69, 9.17) is 19.4 Å². The minimum atomic E-state index is 0.545. The monoisotopic (exact) mass is 805 g/mol. The second-order valence-electron chi connectivity index (χ2n) is 16.0. The van der Waals surface area contributed by atoms with Crippen molar-refractivity contribution in [3.63, 3.8) is 0 Å². The van der Waals surface area contributed by atoms with E-state index in [1.54, 1.807) is 0 Å². The van der Waals surface area contributed by atoms with Crippen LogP contribution in [-0.2, 0) is 0 Å². The quantitative estimate of drug-likeness (QED) is 0.168. The summed E-state index contributed by atoms with van der Waals surface area (Å²) < 4.78 is 11.2. The van der Waals surface area contributed by atoms with Gasteiger partial charge in [-0.1, -0.05) is 152 Å². The molecule has 0 atom stereocenters. The first-order chi connectivity index (χ1) is 31.2. The zero-order valence-electron chi connectivity index (χ0n) is 33.9. The van der Waals surface area contributed by atoms with Crippen molar-refractivity contribution in [1.82, 2.24) is 24.1 Å². The molecule has 0 aliphatic rings. The van der Waals surface area contributed by atoms with Crippen LogP contribution in [0.3, 0.4) is 0 Å². The summed E-state index contributed by atoms with van der Waals surface area (Å²) in [5.74, 6) is 1.70. The summed E-state index contributed by atoms with van der Waals surface area (Å²) in [4.78, 5) is 15.8. The van der Waals surface area contributed by atoms with Gasteiger partial charge in [0.15, 0.2) is 11.6 Å². The number of fused-ring (bicyclic) bond motifs is 9. The Morgan fingerprint density at radius 3 is 1.51 bits per heavy atom. The van der Waals surface area contributed by atoms with Crippen molar-refractivity contribution in [1.29, 1.82) is 0 Å². The molecule has 0 amide bonds. The number of aromatic nitrogens is 5. The van der Waals surface area contributed by atoms with Gasteiger partial charge in [0.1, 0.15) is 11.2 Å². The van der Waals surface area contributed by atoms with Crippen LogP contribution < -0.4 is 0 Å². The van der Waals surface area contributed by atoms with E-state index in [0.717, 1.165) is 77.2 Å². The van der Waals surface area contributed by atoms with Crippen LogP contribution in [0.2, 0.25) is 0 Å². The van der Waals surface area contributed by atoms with E-state index in [9.17, 15) is 0 Å². The Balaban J connectivity index is 1.03. The Hall–Kier alpha value is -8.61. The maximum absolute atomic E-state index is 6.62. The van der Waals surface area contributed by atoms with E-state index in [0.29, 0.717) is 17.6 Å². The van der Waals surface area contributed by atoms with Crippen molar-refractivity contribution in [2.24, 2.45) is 0 Å². The van der Waals surface area contributed by atoms with Gasteiger partial charge < -0.3 is 8.98 Å². The van der Waals surface area contributed by atoms with Crippen LogP contribution in [0.25, 0.3) is 122 Å². The van der Waals surface area contributed by atoms with Gasteiger partial charge in [0.05, 0.1) is 22.1 Å². The molecule has 0 spiro atoms. The topological polar surface area (TPSA) is 61.7 Å². The summed E-state index contributed by atoms with van der Waals surface area (Å²) in [5, 5.41) is 6.61. The van der Waals surface area contributed by atoms with Crippen molar-refractivity contribution in [2.45, 2.75) is 0 Å². The molecule has 6 heteroatoms. The molecule has 0 N–H and O–H groups in total. The molecule has 4 heterocycles. The predicted molar refractivity (Wildman–Crippen MR) is 258 cm³/mol. The van der Waals surface area contributed by atoms with Crippen molar-refractivity contribution in [3.05, 3.63) is 212 Å². The van der Waals surface area contributed by atoms with E-state index in [1.807, 2.05) is 30.3 Å². The number of hydrogen-bond acceptors (Lipinski definition) is 4. The minimum absolute atomic E-state index is 0.545. The molecule has 0 aliphatic carbocycles. The second-order valence-corrected chi connectivity index (χ2v) is 16.0. The first kappa shape index (κ1) is 35.2. The summed E-state index contributed by atoms with van der Waals surface area (Å²) >= 11 is 0. The summed E-state index contributed by atoms with van der Waals surface area (Å²) in [6.45, 7) is 0. The van der Waals surface area contributed by atoms with Crippen LogP contribution in [0.5, 0.6) is 0 Å². The lowest BCUT2D eigenvalue weighted by molar-refractivity contribution is 0.669. The van der Waals surface area contributed by atoms with E-state index in [2.05, 4.69) is 191 Å². The highest BCUT2D eigenvalue weighted by atomic mass is 16.3. The summed E-state index contributed by atoms with van der Waals surface area (Å²) in [6.07, 6.45) is 0. The molecule has 0 aliphatic heterocycles. The predicted octanol–water partition coefficient (Wildman–Crippen LogP) is 14.6. The maximum atomic E-state index is 6.62. The third-order valence-electron chi connectivity index (χ3n) is 12.4. The molecular weight excluding hydrogens is 771 g/mol. The number of hydrogen-bond donors (Lipinski definition) is 0. The van der Waals surface area contributed by atoms with Gasteiger partial charge in [0.2, 0.25) is 5.95 Å². The highest BCUT2D eigenvalue weighted by Gasteiger charge is 2.22. The van der Waals surface area contributed by atoms with E-state index in [-0.39, 0.29) is 0 Å². The van der Waals surface area contributed by atoms with Crippen LogP contribution in [0.1, 0.15) is 0 Å². The average Bonchev–Trinajstić information content (AvgIpc) is 4.01. The molecule has 0 bridgehead atoms. The van der Waals surface area contributed by atoms with Crippen LogP contribution in [0, 0.1) is 0 Å². The molecule has 0 radical (unpaired) electrons. The fourth-order valence-corrected chi connectivity index (χ4v) is 9.50. The Morgan fingerprint density at radius 2 is 0.857 bits per heavy atom. The zero-order chi connectivity index (χ0) is 41.4. The van der Waals surface area contributed by atoms with Gasteiger partial charge >= 0.3 is 0 Å². The van der Waals surface area contributed by atoms with E-state index in [1.165, 1.54) is 27.5 Å². The van der Waals surface area contributed by atoms with Crippen LogP contribution in [0.4, 0.5) is 0 Å². The van der Waals surface area contributed by atoms with Crippen LogP contribution >= 0.6 is 0 Å². The van der Waals surface area contributed by atoms with Crippen molar-refractivity contribution < 1.29 is 4.42 Å². The Bertz CT molecular complexity index is 3900. The van der Waals surface area contributed by atoms with Gasteiger partial charge in [-0.25, -0.2) is 4.98 Å². The molecule has 63 heavy (non-hydrogen) atoms. The number of para-hydroxylation sites is 2. The fraction of sp³-hybridized carbons (Fsp3) is 0. The first-order valence-corrected chi connectivity index (χ1v) is 21.2. The number of benzene rings is 9. The lowest BCUT2D eigenvalue weighted by Crippen LogP contribution is -2.06. The van der Waals surface area contributed by atoms with Crippen molar-refractivity contribution in [2.75, 3.05) is 0 Å². The van der Waals surface area contributed by atoms with E-state index >= 15 is 0 Å². The van der Waals surface area contributed by atoms with Gasteiger partial charge in [0, 0.05) is 49.1 Å². The lowest BCUT2D eigenvalue weighted by Gasteiger charge is -2.12. The molecule has 294 valence electrons. The maximum Gasteiger partial charge on any atom is 0.238 e. The highest BCUT2D eigenvalue weighted by Crippen LogP contribution is 2.41. The largest absolute Gasteiger partial charge is 0.456 e. The lowest BCUT2D eigenvalue weighted by atomic mass is 10.0. The van der Waals surface area contributed by atoms with Gasteiger partial charge in [0.25, 0.3) is 0 Å². The summed E-state index contributed by atoms with van der Waals surface area (Å²) in [6, 6.07) is 74.5. The van der Waals surface area contributed by atoms with Gasteiger partial charge in [-0.15, -0.1) is 0 Å². The number of furan rings is 1. The molecular formula is C57H35N5O. The van der Waals surface area contributed by atoms with Gasteiger partial charge in [-0.2, -0.15) is 9.97 Å². The van der Waals surface area contributed by atoms with E-state index < -0.39 is 0 Å². The Kier molecular flexibility index (Phi) is 7.80. The molecule has 0 fully saturated rings. The summed E-state index contributed by atoms with van der Waals surface area (Å²) in [5.41, 5.74) is 13.4. The number of nitrogens with zero attached hydrogens (tertiary/aromatic N) is 5. The number of rotatable bonds is 6. The van der Waals surface area contributed by atoms with Crippen LogP contribution in [0.15, 0.2) is 217 Å². The average molecular weight is 806 g/mol. The summed E-state index contributed by atoms with van der Waals surface area (Å²) in [7, 11) is 0. The molecule has 0 saturated heterocycles. The van der Waals surface area contributed by atoms with Crippen molar-refractivity contribution in [3.8, 4) is 56.7 Å². The smallest absolute Gasteiger partial charge is 0.238 e. The Labute approximate surface area is 361 Å². The Morgan fingerprint density at radius 1 is 0.317 bits per heavy atom. The zero-order valence-corrected chi connectivity index (χ0v) is 33.9. The molecule has 13 aromatic rings. The molecule has 4 aromatic heterocycles. The standard InChI is InChI=1S/C57H35N5O/c1-4-15-36(16-5-1)39-27-30-50-45(33-39)42-21-10-12-24-48(42)61(50)41-29-32-52-47(35-41)54-44(23-14-26-53(54)63-52)56-58-55(38-19-8-3-9-20-38)59-57(60-56)62-49-25-13-11-22-43(49)46-34-40(28-31-51(46)62)37-17-6-2-7-18-37/h1-35H. The van der Waals surface area contributed by atoms with Crippen molar-refractivity contribution >= 4 is 65.6 Å². The highest BCUT2D eigenvalue weighted by molar-refractivity contribution is 6.14. The molecule has 0 unspecified atom stereocenters.